The first-order valence-corrected chi connectivity index (χ1v) is 11.8. The second-order valence-corrected chi connectivity index (χ2v) is 9.08. The number of rotatable bonds is 7. The molecular weight excluding hydrogens is 414 g/mol. The molecule has 2 aromatic carbocycles. The van der Waals surface area contributed by atoms with E-state index >= 15 is 0 Å². The Morgan fingerprint density at radius 2 is 1.61 bits per heavy atom. The standard InChI is InChI=1S/C27H35N3O3/c1-5-20(4)28-26(32)24(29-25(31)22-12-10-18(2)11-13-22)21-14-16-30(17-15-21)27(33)23-9-7-6-8-19(23)3/h6-13,20-21,24H,5,14-17H2,1-4H3,(H,28,32)(H,29,31)/t20-,24+/m0/s1. The fourth-order valence-electron chi connectivity index (χ4n) is 4.18. The van der Waals surface area contributed by atoms with E-state index in [0.717, 1.165) is 23.1 Å². The first kappa shape index (κ1) is 24.5. The molecule has 3 amide bonds. The van der Waals surface area contributed by atoms with E-state index in [0.29, 0.717) is 31.5 Å². The Bertz CT molecular complexity index is 978. The molecule has 0 unspecified atom stereocenters. The lowest BCUT2D eigenvalue weighted by Gasteiger charge is -2.36. The number of carbonyl (C=O) groups excluding carboxylic acids is 3. The van der Waals surface area contributed by atoms with Crippen LogP contribution in [0.3, 0.4) is 0 Å². The van der Waals surface area contributed by atoms with Crippen LogP contribution in [0.1, 0.15) is 65.0 Å². The summed E-state index contributed by atoms with van der Waals surface area (Å²) in [5.41, 5.74) is 3.29. The molecular formula is C27H35N3O3. The summed E-state index contributed by atoms with van der Waals surface area (Å²) in [6.45, 7) is 9.00. The molecule has 176 valence electrons. The van der Waals surface area contributed by atoms with Crippen LogP contribution < -0.4 is 10.6 Å². The number of piperidine rings is 1. The van der Waals surface area contributed by atoms with E-state index in [4.69, 9.17) is 0 Å². The Morgan fingerprint density at radius 1 is 0.970 bits per heavy atom. The smallest absolute Gasteiger partial charge is 0.254 e. The van der Waals surface area contributed by atoms with Gasteiger partial charge in [-0.2, -0.15) is 0 Å². The normalized spacial score (nSPS) is 16.1. The molecule has 33 heavy (non-hydrogen) atoms. The quantitative estimate of drug-likeness (QED) is 0.674. The van der Waals surface area contributed by atoms with Crippen molar-refractivity contribution in [3.05, 3.63) is 70.8 Å². The minimum Gasteiger partial charge on any atom is -0.352 e. The van der Waals surface area contributed by atoms with Crippen LogP contribution in [-0.4, -0.2) is 47.8 Å². The van der Waals surface area contributed by atoms with Gasteiger partial charge in [0.05, 0.1) is 0 Å². The summed E-state index contributed by atoms with van der Waals surface area (Å²) >= 11 is 0. The average molecular weight is 450 g/mol. The Balaban J connectivity index is 1.71. The van der Waals surface area contributed by atoms with Crippen LogP contribution in [-0.2, 0) is 4.79 Å². The molecule has 0 radical (unpaired) electrons. The van der Waals surface area contributed by atoms with E-state index in [1.54, 1.807) is 12.1 Å². The molecule has 6 heteroatoms. The molecule has 2 N–H and O–H groups in total. The molecule has 6 nitrogen and oxygen atoms in total. The molecule has 1 aliphatic rings. The summed E-state index contributed by atoms with van der Waals surface area (Å²) in [5, 5.41) is 6.01. The van der Waals surface area contributed by atoms with E-state index in [1.165, 1.54) is 0 Å². The van der Waals surface area contributed by atoms with Gasteiger partial charge < -0.3 is 15.5 Å². The van der Waals surface area contributed by atoms with Crippen molar-refractivity contribution in [2.24, 2.45) is 5.92 Å². The number of carbonyl (C=O) groups is 3. The van der Waals surface area contributed by atoms with Crippen molar-refractivity contribution in [2.45, 2.75) is 59.0 Å². The van der Waals surface area contributed by atoms with Gasteiger partial charge in [0, 0.05) is 30.3 Å². The van der Waals surface area contributed by atoms with Gasteiger partial charge in [-0.05, 0) is 69.7 Å². The molecule has 1 heterocycles. The average Bonchev–Trinajstić information content (AvgIpc) is 2.82. The number of amides is 3. The van der Waals surface area contributed by atoms with Crippen LogP contribution in [0.15, 0.2) is 48.5 Å². The van der Waals surface area contributed by atoms with Gasteiger partial charge in [0.1, 0.15) is 6.04 Å². The zero-order chi connectivity index (χ0) is 24.0. The van der Waals surface area contributed by atoms with Gasteiger partial charge in [-0.1, -0.05) is 42.8 Å². The van der Waals surface area contributed by atoms with Crippen molar-refractivity contribution in [1.29, 1.82) is 0 Å². The summed E-state index contributed by atoms with van der Waals surface area (Å²) in [4.78, 5) is 40.9. The van der Waals surface area contributed by atoms with Crippen molar-refractivity contribution < 1.29 is 14.4 Å². The second kappa shape index (κ2) is 11.1. The van der Waals surface area contributed by atoms with Crippen molar-refractivity contribution in [3.8, 4) is 0 Å². The molecule has 3 rings (SSSR count). The lowest BCUT2D eigenvalue weighted by Crippen LogP contribution is -2.55. The van der Waals surface area contributed by atoms with Crippen LogP contribution in [0.2, 0.25) is 0 Å². The van der Waals surface area contributed by atoms with Crippen molar-refractivity contribution >= 4 is 17.7 Å². The number of likely N-dealkylation sites (tertiary alicyclic amines) is 1. The number of nitrogens with zero attached hydrogens (tertiary/aromatic N) is 1. The summed E-state index contributed by atoms with van der Waals surface area (Å²) < 4.78 is 0. The maximum Gasteiger partial charge on any atom is 0.254 e. The number of hydrogen-bond donors (Lipinski definition) is 2. The lowest BCUT2D eigenvalue weighted by atomic mass is 9.88. The van der Waals surface area contributed by atoms with Crippen molar-refractivity contribution in [1.82, 2.24) is 15.5 Å². The van der Waals surface area contributed by atoms with Gasteiger partial charge in [-0.15, -0.1) is 0 Å². The Hall–Kier alpha value is -3.15. The third kappa shape index (κ3) is 6.21. The van der Waals surface area contributed by atoms with Crippen molar-refractivity contribution in [3.63, 3.8) is 0 Å². The molecule has 0 spiro atoms. The zero-order valence-electron chi connectivity index (χ0n) is 20.1. The summed E-state index contributed by atoms with van der Waals surface area (Å²) in [5.74, 6) is -0.425. The predicted molar refractivity (Wildman–Crippen MR) is 130 cm³/mol. The number of nitrogens with one attached hydrogen (secondary N) is 2. The largest absolute Gasteiger partial charge is 0.352 e. The Kier molecular flexibility index (Phi) is 8.26. The van der Waals surface area contributed by atoms with E-state index in [1.807, 2.05) is 69.0 Å². The third-order valence-corrected chi connectivity index (χ3v) is 6.56. The van der Waals surface area contributed by atoms with Crippen LogP contribution in [0, 0.1) is 19.8 Å². The van der Waals surface area contributed by atoms with Gasteiger partial charge in [-0.3, -0.25) is 14.4 Å². The molecule has 1 saturated heterocycles. The molecule has 2 aromatic rings. The number of aryl methyl sites for hydroxylation is 2. The third-order valence-electron chi connectivity index (χ3n) is 6.56. The minimum atomic E-state index is -0.636. The molecule has 0 bridgehead atoms. The van der Waals surface area contributed by atoms with E-state index in [9.17, 15) is 14.4 Å². The highest BCUT2D eigenvalue weighted by atomic mass is 16.2. The maximum absolute atomic E-state index is 13.1. The lowest BCUT2D eigenvalue weighted by molar-refractivity contribution is -0.125. The summed E-state index contributed by atoms with van der Waals surface area (Å²) in [7, 11) is 0. The molecule has 1 fully saturated rings. The van der Waals surface area contributed by atoms with Crippen molar-refractivity contribution in [2.75, 3.05) is 13.1 Å². The molecule has 2 atom stereocenters. The highest BCUT2D eigenvalue weighted by Gasteiger charge is 2.34. The molecule has 0 saturated carbocycles. The van der Waals surface area contributed by atoms with Gasteiger partial charge in [0.2, 0.25) is 5.91 Å². The fourth-order valence-corrected chi connectivity index (χ4v) is 4.18. The van der Waals surface area contributed by atoms with Gasteiger partial charge in [0.15, 0.2) is 0 Å². The van der Waals surface area contributed by atoms with Gasteiger partial charge in [0.25, 0.3) is 11.8 Å². The first-order valence-electron chi connectivity index (χ1n) is 11.8. The monoisotopic (exact) mass is 449 g/mol. The molecule has 1 aliphatic heterocycles. The van der Waals surface area contributed by atoms with Gasteiger partial charge in [-0.25, -0.2) is 0 Å². The number of hydrogen-bond acceptors (Lipinski definition) is 3. The first-order chi connectivity index (χ1) is 15.8. The minimum absolute atomic E-state index is 0.0239. The SMILES string of the molecule is CC[C@H](C)NC(=O)[C@H](NC(=O)c1ccc(C)cc1)C1CCN(C(=O)c2ccccc2C)CC1. The van der Waals surface area contributed by atoms with E-state index < -0.39 is 6.04 Å². The predicted octanol–water partition coefficient (Wildman–Crippen LogP) is 3.87. The second-order valence-electron chi connectivity index (χ2n) is 9.08. The van der Waals surface area contributed by atoms with E-state index in [-0.39, 0.29) is 29.7 Å². The Morgan fingerprint density at radius 3 is 2.21 bits per heavy atom. The maximum atomic E-state index is 13.1. The van der Waals surface area contributed by atoms with E-state index in [2.05, 4.69) is 10.6 Å². The van der Waals surface area contributed by atoms with Crippen LogP contribution in [0.25, 0.3) is 0 Å². The molecule has 0 aromatic heterocycles. The topological polar surface area (TPSA) is 78.5 Å². The van der Waals surface area contributed by atoms with Crippen LogP contribution in [0.5, 0.6) is 0 Å². The fraction of sp³-hybridized carbons (Fsp3) is 0.444. The summed E-state index contributed by atoms with van der Waals surface area (Å²) in [6.07, 6.45) is 2.13. The van der Waals surface area contributed by atoms with Crippen LogP contribution >= 0.6 is 0 Å². The Labute approximate surface area is 196 Å². The van der Waals surface area contributed by atoms with Gasteiger partial charge >= 0.3 is 0 Å². The number of benzene rings is 2. The summed E-state index contributed by atoms with van der Waals surface area (Å²) in [6, 6.07) is 14.3. The zero-order valence-corrected chi connectivity index (χ0v) is 20.1. The van der Waals surface area contributed by atoms with Crippen LogP contribution in [0.4, 0.5) is 0 Å². The highest BCUT2D eigenvalue weighted by molar-refractivity contribution is 5.98. The molecule has 0 aliphatic carbocycles. The highest BCUT2D eigenvalue weighted by Crippen LogP contribution is 2.24.